The van der Waals surface area contributed by atoms with Gasteiger partial charge < -0.3 is 9.13 Å². The number of aromatic nitrogens is 2. The van der Waals surface area contributed by atoms with Crippen molar-refractivity contribution in [3.8, 4) is 0 Å². The molecule has 1 aromatic heterocycles. The highest BCUT2D eigenvalue weighted by Gasteiger charge is 2.11. The van der Waals surface area contributed by atoms with Gasteiger partial charge in [-0.1, -0.05) is 42.5 Å². The molecule has 0 fully saturated rings. The molecule has 0 N–H and O–H groups in total. The van der Waals surface area contributed by atoms with Crippen LogP contribution in [0.5, 0.6) is 0 Å². The topological polar surface area (TPSA) is 44.0 Å². The molecular formula is C18H18N2O2. The molecule has 4 nitrogen and oxygen atoms in total. The Morgan fingerprint density at radius 3 is 1.95 bits per heavy atom. The lowest BCUT2D eigenvalue weighted by Crippen LogP contribution is -2.41. The minimum absolute atomic E-state index is 0.448. The van der Waals surface area contributed by atoms with Crippen LogP contribution in [-0.4, -0.2) is 9.13 Å². The quantitative estimate of drug-likeness (QED) is 0.694. The summed E-state index contributed by atoms with van der Waals surface area (Å²) in [5.74, 6) is 0. The van der Waals surface area contributed by atoms with Crippen LogP contribution in [0.3, 0.4) is 0 Å². The second kappa shape index (κ2) is 6.02. The highest BCUT2D eigenvalue weighted by atomic mass is 16.2. The molecule has 0 saturated carbocycles. The van der Waals surface area contributed by atoms with E-state index in [1.54, 1.807) is 4.57 Å². The van der Waals surface area contributed by atoms with Crippen LogP contribution in [0.2, 0.25) is 0 Å². The van der Waals surface area contributed by atoms with Gasteiger partial charge in [0.2, 0.25) is 0 Å². The predicted octanol–water partition coefficient (Wildman–Crippen LogP) is 2.43. The summed E-state index contributed by atoms with van der Waals surface area (Å²) in [6.07, 6.45) is 0.723. The molecular weight excluding hydrogens is 276 g/mol. The molecule has 3 rings (SSSR count). The van der Waals surface area contributed by atoms with E-state index >= 15 is 0 Å². The molecule has 0 atom stereocenters. The van der Waals surface area contributed by atoms with Crippen molar-refractivity contribution in [2.45, 2.75) is 26.4 Å². The first-order chi connectivity index (χ1) is 10.7. The molecule has 0 saturated heterocycles. The predicted molar refractivity (Wildman–Crippen MR) is 88.3 cm³/mol. The van der Waals surface area contributed by atoms with E-state index in [1.165, 1.54) is 4.57 Å². The molecule has 112 valence electrons. The fourth-order valence-corrected chi connectivity index (χ4v) is 2.79. The Morgan fingerprint density at radius 2 is 1.32 bits per heavy atom. The summed E-state index contributed by atoms with van der Waals surface area (Å²) in [7, 11) is 0. The molecule has 0 aliphatic rings. The van der Waals surface area contributed by atoms with Gasteiger partial charge in [0.25, 0.3) is 0 Å². The first-order valence-corrected chi connectivity index (χ1v) is 7.48. The molecule has 2 aromatic carbocycles. The van der Waals surface area contributed by atoms with Crippen LogP contribution in [0.15, 0.2) is 64.2 Å². The fourth-order valence-electron chi connectivity index (χ4n) is 2.79. The Balaban J connectivity index is 2.11. The summed E-state index contributed by atoms with van der Waals surface area (Å²) in [5, 5.41) is 0. The van der Waals surface area contributed by atoms with Gasteiger partial charge in [-0.05, 0) is 31.0 Å². The average molecular weight is 294 g/mol. The van der Waals surface area contributed by atoms with Gasteiger partial charge >= 0.3 is 11.1 Å². The maximum atomic E-state index is 12.4. The van der Waals surface area contributed by atoms with Crippen molar-refractivity contribution in [1.29, 1.82) is 0 Å². The average Bonchev–Trinajstić information content (AvgIpc) is 2.57. The lowest BCUT2D eigenvalue weighted by atomic mass is 10.1. The molecule has 0 aliphatic heterocycles. The number of para-hydroxylation sites is 2. The van der Waals surface area contributed by atoms with E-state index in [0.29, 0.717) is 13.1 Å². The van der Waals surface area contributed by atoms with Gasteiger partial charge in [0.15, 0.2) is 0 Å². The van der Waals surface area contributed by atoms with Gasteiger partial charge in [0.1, 0.15) is 0 Å². The van der Waals surface area contributed by atoms with Gasteiger partial charge in [0.05, 0.1) is 11.0 Å². The number of hydrogen-bond acceptors (Lipinski definition) is 2. The molecule has 0 spiro atoms. The third-order valence-corrected chi connectivity index (χ3v) is 3.92. The first kappa shape index (κ1) is 14.3. The zero-order chi connectivity index (χ0) is 15.5. The normalized spacial score (nSPS) is 11.0. The Hall–Kier alpha value is -2.62. The van der Waals surface area contributed by atoms with Crippen molar-refractivity contribution >= 4 is 11.0 Å². The fraction of sp³-hybridized carbons (Fsp3) is 0.222. The van der Waals surface area contributed by atoms with E-state index in [0.717, 1.165) is 23.0 Å². The van der Waals surface area contributed by atoms with Crippen molar-refractivity contribution in [3.05, 3.63) is 80.9 Å². The number of nitrogens with zero attached hydrogens (tertiary/aromatic N) is 2. The van der Waals surface area contributed by atoms with Crippen LogP contribution in [-0.2, 0) is 19.5 Å². The first-order valence-electron chi connectivity index (χ1n) is 7.48. The maximum Gasteiger partial charge on any atom is 0.316 e. The van der Waals surface area contributed by atoms with Crippen LogP contribution in [0.4, 0.5) is 0 Å². The van der Waals surface area contributed by atoms with E-state index in [1.807, 2.05) is 61.5 Å². The zero-order valence-electron chi connectivity index (χ0n) is 12.5. The molecule has 3 aromatic rings. The molecule has 0 amide bonds. The van der Waals surface area contributed by atoms with Crippen molar-refractivity contribution in [1.82, 2.24) is 9.13 Å². The van der Waals surface area contributed by atoms with Crippen molar-refractivity contribution in [3.63, 3.8) is 0 Å². The van der Waals surface area contributed by atoms with Crippen molar-refractivity contribution < 1.29 is 0 Å². The Labute approximate surface area is 128 Å². The number of hydrogen-bond donors (Lipinski definition) is 0. The van der Waals surface area contributed by atoms with Crippen LogP contribution in [0.1, 0.15) is 12.5 Å². The summed E-state index contributed by atoms with van der Waals surface area (Å²) < 4.78 is 3.13. The van der Waals surface area contributed by atoms with Crippen LogP contribution in [0, 0.1) is 0 Å². The van der Waals surface area contributed by atoms with Crippen LogP contribution < -0.4 is 11.1 Å². The molecule has 4 heteroatoms. The minimum Gasteiger partial charge on any atom is -0.302 e. The molecule has 0 unspecified atom stereocenters. The number of fused-ring (bicyclic) bond motifs is 1. The van der Waals surface area contributed by atoms with Gasteiger partial charge in [-0.25, -0.2) is 0 Å². The van der Waals surface area contributed by atoms with E-state index in [2.05, 4.69) is 0 Å². The van der Waals surface area contributed by atoms with Gasteiger partial charge in [-0.15, -0.1) is 0 Å². The van der Waals surface area contributed by atoms with E-state index < -0.39 is 11.1 Å². The van der Waals surface area contributed by atoms with E-state index in [4.69, 9.17) is 0 Å². The number of rotatable bonds is 4. The lowest BCUT2D eigenvalue weighted by molar-refractivity contribution is 0.652. The molecule has 0 radical (unpaired) electrons. The van der Waals surface area contributed by atoms with Gasteiger partial charge in [-0.2, -0.15) is 0 Å². The summed E-state index contributed by atoms with van der Waals surface area (Å²) in [6, 6.07) is 17.5. The SMILES string of the molecule is CCn1c(=O)c(=O)n(CCc2ccccc2)c2ccccc21. The van der Waals surface area contributed by atoms with Gasteiger partial charge in [0, 0.05) is 13.1 Å². The number of benzene rings is 2. The molecule has 22 heavy (non-hydrogen) atoms. The second-order valence-corrected chi connectivity index (χ2v) is 5.23. The molecule has 0 bridgehead atoms. The maximum absolute atomic E-state index is 12.4. The highest BCUT2D eigenvalue weighted by Crippen LogP contribution is 2.11. The molecule has 1 heterocycles. The van der Waals surface area contributed by atoms with Crippen molar-refractivity contribution in [2.75, 3.05) is 0 Å². The second-order valence-electron chi connectivity index (χ2n) is 5.23. The zero-order valence-corrected chi connectivity index (χ0v) is 12.5. The summed E-state index contributed by atoms with van der Waals surface area (Å²) in [4.78, 5) is 24.7. The third kappa shape index (κ3) is 2.48. The monoisotopic (exact) mass is 294 g/mol. The van der Waals surface area contributed by atoms with E-state index in [9.17, 15) is 9.59 Å². The van der Waals surface area contributed by atoms with Crippen LogP contribution >= 0.6 is 0 Å². The summed E-state index contributed by atoms with van der Waals surface area (Å²) in [5.41, 5.74) is 1.87. The summed E-state index contributed by atoms with van der Waals surface area (Å²) >= 11 is 0. The van der Waals surface area contributed by atoms with Crippen LogP contribution in [0.25, 0.3) is 11.0 Å². The minimum atomic E-state index is -0.450. The van der Waals surface area contributed by atoms with Gasteiger partial charge in [-0.3, -0.25) is 9.59 Å². The standard InChI is InChI=1S/C18H18N2O2/c1-2-19-15-10-6-7-11-16(15)20(18(22)17(19)21)13-12-14-8-4-3-5-9-14/h3-11H,2,12-13H2,1H3. The number of aryl methyl sites for hydroxylation is 3. The summed E-state index contributed by atoms with van der Waals surface area (Å²) in [6.45, 7) is 2.87. The Morgan fingerprint density at radius 1 is 0.773 bits per heavy atom. The largest absolute Gasteiger partial charge is 0.316 e. The molecule has 0 aliphatic carbocycles. The van der Waals surface area contributed by atoms with Crippen molar-refractivity contribution in [2.24, 2.45) is 0 Å². The smallest absolute Gasteiger partial charge is 0.302 e. The lowest BCUT2D eigenvalue weighted by Gasteiger charge is -2.13. The Bertz CT molecular complexity index is 908. The van der Waals surface area contributed by atoms with E-state index in [-0.39, 0.29) is 0 Å². The Kier molecular flexibility index (Phi) is 3.92. The third-order valence-electron chi connectivity index (χ3n) is 3.92. The highest BCUT2D eigenvalue weighted by molar-refractivity contribution is 5.75.